The summed E-state index contributed by atoms with van der Waals surface area (Å²) in [6.45, 7) is 1.24. The highest BCUT2D eigenvalue weighted by Crippen LogP contribution is 2.39. The van der Waals surface area contributed by atoms with Crippen molar-refractivity contribution in [1.29, 1.82) is 0 Å². The molecule has 0 aromatic heterocycles. The van der Waals surface area contributed by atoms with Gasteiger partial charge in [-0.1, -0.05) is 11.6 Å². The zero-order chi connectivity index (χ0) is 22.3. The Morgan fingerprint density at radius 1 is 0.900 bits per heavy atom. The number of carbonyl (C=O) groups excluding carboxylic acids is 2. The van der Waals surface area contributed by atoms with E-state index in [9.17, 15) is 9.59 Å². The van der Waals surface area contributed by atoms with E-state index >= 15 is 0 Å². The van der Waals surface area contributed by atoms with Crippen LogP contribution in [0.1, 0.15) is 6.92 Å². The SMILES string of the molecule is COc1ccc(N=NC(C(C)=O)C(=O)Nc2c(OC)ccc(OC)c2Cl)cc1OC. The van der Waals surface area contributed by atoms with Crippen LogP contribution in [0.5, 0.6) is 23.0 Å². The fourth-order valence-corrected chi connectivity index (χ4v) is 2.79. The number of ether oxygens (including phenoxy) is 4. The molecule has 0 spiro atoms. The van der Waals surface area contributed by atoms with E-state index in [4.69, 9.17) is 30.5 Å². The van der Waals surface area contributed by atoms with Crippen LogP contribution >= 0.6 is 11.6 Å². The van der Waals surface area contributed by atoms with Crippen LogP contribution in [-0.2, 0) is 9.59 Å². The fraction of sp³-hybridized carbons (Fsp3) is 0.300. The minimum absolute atomic E-state index is 0.129. The van der Waals surface area contributed by atoms with Gasteiger partial charge < -0.3 is 24.3 Å². The Bertz CT molecular complexity index is 964. The van der Waals surface area contributed by atoms with Crippen LogP contribution in [0.4, 0.5) is 11.4 Å². The molecule has 0 aliphatic rings. The van der Waals surface area contributed by atoms with Crippen LogP contribution in [-0.4, -0.2) is 46.2 Å². The van der Waals surface area contributed by atoms with Crippen molar-refractivity contribution in [1.82, 2.24) is 0 Å². The molecular formula is C20H22ClN3O6. The summed E-state index contributed by atoms with van der Waals surface area (Å²) in [5.74, 6) is 0.352. The topological polar surface area (TPSA) is 108 Å². The summed E-state index contributed by atoms with van der Waals surface area (Å²) in [5.41, 5.74) is 0.541. The van der Waals surface area contributed by atoms with E-state index < -0.39 is 17.7 Å². The Morgan fingerprint density at radius 3 is 2.03 bits per heavy atom. The van der Waals surface area contributed by atoms with Crippen LogP contribution in [0.3, 0.4) is 0 Å². The second kappa shape index (κ2) is 10.4. The molecule has 1 amide bonds. The number of nitrogens with one attached hydrogen (secondary N) is 1. The molecule has 0 bridgehead atoms. The number of halogens is 1. The molecule has 1 unspecified atom stereocenters. The van der Waals surface area contributed by atoms with E-state index in [0.29, 0.717) is 28.7 Å². The van der Waals surface area contributed by atoms with E-state index in [-0.39, 0.29) is 10.7 Å². The molecule has 30 heavy (non-hydrogen) atoms. The van der Waals surface area contributed by atoms with Gasteiger partial charge in [0.15, 0.2) is 17.3 Å². The first-order valence-electron chi connectivity index (χ1n) is 8.70. The second-order valence-electron chi connectivity index (χ2n) is 5.92. The number of azo groups is 1. The first kappa shape index (κ1) is 23.0. The Kier molecular flexibility index (Phi) is 7.99. The smallest absolute Gasteiger partial charge is 0.258 e. The summed E-state index contributed by atoms with van der Waals surface area (Å²) in [6.07, 6.45) is 0. The first-order chi connectivity index (χ1) is 14.4. The average molecular weight is 436 g/mol. The van der Waals surface area contributed by atoms with Gasteiger partial charge in [0.2, 0.25) is 6.04 Å². The van der Waals surface area contributed by atoms with Crippen molar-refractivity contribution < 1.29 is 28.5 Å². The molecule has 9 nitrogen and oxygen atoms in total. The normalized spacial score (nSPS) is 11.7. The number of hydrogen-bond acceptors (Lipinski definition) is 8. The number of carbonyl (C=O) groups is 2. The third-order valence-electron chi connectivity index (χ3n) is 4.05. The van der Waals surface area contributed by atoms with Crippen LogP contribution in [0.2, 0.25) is 5.02 Å². The fourth-order valence-electron chi connectivity index (χ4n) is 2.50. The van der Waals surface area contributed by atoms with Crippen molar-refractivity contribution in [2.75, 3.05) is 33.8 Å². The predicted octanol–water partition coefficient (Wildman–Crippen LogP) is 4.05. The molecule has 2 aromatic rings. The van der Waals surface area contributed by atoms with Gasteiger partial charge in [0, 0.05) is 6.07 Å². The minimum atomic E-state index is -1.40. The van der Waals surface area contributed by atoms with E-state index in [1.807, 2.05) is 0 Å². The predicted molar refractivity (Wildman–Crippen MR) is 112 cm³/mol. The standard InChI is InChI=1S/C20H22ClN3O6/c1-11(25)18(24-23-12-6-7-13(27-2)16(10-12)30-5)20(26)22-19-15(29-4)9-8-14(28-3)17(19)21/h6-10,18H,1-5H3,(H,22,26). The Morgan fingerprint density at radius 2 is 1.47 bits per heavy atom. The molecule has 160 valence electrons. The van der Waals surface area contributed by atoms with Crippen molar-refractivity contribution >= 4 is 34.7 Å². The summed E-state index contributed by atoms with van der Waals surface area (Å²) in [6, 6.07) is 6.59. The van der Waals surface area contributed by atoms with E-state index in [0.717, 1.165) is 0 Å². The van der Waals surface area contributed by atoms with Crippen LogP contribution in [0, 0.1) is 0 Å². The molecule has 2 rings (SSSR count). The van der Waals surface area contributed by atoms with Crippen molar-refractivity contribution in [3.8, 4) is 23.0 Å². The maximum Gasteiger partial charge on any atom is 0.258 e. The van der Waals surface area contributed by atoms with Gasteiger partial charge in [0.25, 0.3) is 5.91 Å². The summed E-state index contributed by atoms with van der Waals surface area (Å²) >= 11 is 6.27. The number of nitrogens with zero attached hydrogens (tertiary/aromatic N) is 2. The van der Waals surface area contributed by atoms with Crippen molar-refractivity contribution in [2.45, 2.75) is 13.0 Å². The van der Waals surface area contributed by atoms with E-state index in [2.05, 4.69) is 15.5 Å². The molecule has 1 atom stereocenters. The molecule has 0 aliphatic carbocycles. The molecule has 0 heterocycles. The lowest BCUT2D eigenvalue weighted by molar-refractivity contribution is -0.126. The molecule has 0 saturated carbocycles. The molecular weight excluding hydrogens is 414 g/mol. The van der Waals surface area contributed by atoms with Gasteiger partial charge in [0.05, 0.1) is 34.1 Å². The number of methoxy groups -OCH3 is 4. The number of rotatable bonds is 9. The third-order valence-corrected chi connectivity index (χ3v) is 4.42. The minimum Gasteiger partial charge on any atom is -0.495 e. The number of anilines is 1. The monoisotopic (exact) mass is 435 g/mol. The first-order valence-corrected chi connectivity index (χ1v) is 9.08. The Hall–Kier alpha value is -3.33. The van der Waals surface area contributed by atoms with Crippen molar-refractivity contribution in [3.05, 3.63) is 35.4 Å². The summed E-state index contributed by atoms with van der Waals surface area (Å²) in [4.78, 5) is 24.8. The molecule has 0 aliphatic heterocycles. The van der Waals surface area contributed by atoms with Gasteiger partial charge in [-0.05, 0) is 31.2 Å². The highest BCUT2D eigenvalue weighted by Gasteiger charge is 2.26. The molecule has 0 saturated heterocycles. The maximum atomic E-state index is 12.7. The van der Waals surface area contributed by atoms with Gasteiger partial charge in [-0.3, -0.25) is 9.59 Å². The van der Waals surface area contributed by atoms with Gasteiger partial charge in [-0.25, -0.2) is 0 Å². The van der Waals surface area contributed by atoms with Gasteiger partial charge >= 0.3 is 0 Å². The number of hydrogen-bond donors (Lipinski definition) is 1. The lowest BCUT2D eigenvalue weighted by Gasteiger charge is -2.15. The zero-order valence-electron chi connectivity index (χ0n) is 17.2. The zero-order valence-corrected chi connectivity index (χ0v) is 17.9. The number of Topliss-reactive ketones (excluding diaryl/α,β-unsaturated/α-hetero) is 1. The molecule has 10 heteroatoms. The lowest BCUT2D eigenvalue weighted by atomic mass is 10.2. The second-order valence-corrected chi connectivity index (χ2v) is 6.29. The third kappa shape index (κ3) is 5.18. The van der Waals surface area contributed by atoms with Crippen molar-refractivity contribution in [3.63, 3.8) is 0 Å². The van der Waals surface area contributed by atoms with Gasteiger partial charge in [-0.15, -0.1) is 0 Å². The maximum absolute atomic E-state index is 12.7. The average Bonchev–Trinajstić information content (AvgIpc) is 2.74. The quantitative estimate of drug-likeness (QED) is 0.470. The van der Waals surface area contributed by atoms with Gasteiger partial charge in [0.1, 0.15) is 22.2 Å². The number of ketones is 1. The molecule has 1 N–H and O–H groups in total. The van der Waals surface area contributed by atoms with Crippen molar-refractivity contribution in [2.24, 2.45) is 10.2 Å². The summed E-state index contributed by atoms with van der Waals surface area (Å²) < 4.78 is 20.7. The summed E-state index contributed by atoms with van der Waals surface area (Å²) in [7, 11) is 5.85. The lowest BCUT2D eigenvalue weighted by Crippen LogP contribution is -2.32. The van der Waals surface area contributed by atoms with Crippen LogP contribution < -0.4 is 24.3 Å². The Balaban J connectivity index is 2.30. The van der Waals surface area contributed by atoms with Crippen LogP contribution in [0.15, 0.2) is 40.6 Å². The molecule has 0 radical (unpaired) electrons. The Labute approximate surface area is 178 Å². The molecule has 0 fully saturated rings. The number of amides is 1. The summed E-state index contributed by atoms with van der Waals surface area (Å²) in [5, 5.41) is 10.6. The van der Waals surface area contributed by atoms with Crippen LogP contribution in [0.25, 0.3) is 0 Å². The largest absolute Gasteiger partial charge is 0.495 e. The highest BCUT2D eigenvalue weighted by atomic mass is 35.5. The van der Waals surface area contributed by atoms with E-state index in [1.54, 1.807) is 30.3 Å². The van der Waals surface area contributed by atoms with E-state index in [1.165, 1.54) is 35.4 Å². The molecule has 2 aromatic carbocycles. The number of benzene rings is 2. The highest BCUT2D eigenvalue weighted by molar-refractivity contribution is 6.35. The van der Waals surface area contributed by atoms with Gasteiger partial charge in [-0.2, -0.15) is 10.2 Å².